The molecule has 2 aliphatic rings. The van der Waals surface area contributed by atoms with Gasteiger partial charge in [-0.05, 0) is 50.5 Å². The molecule has 0 bridgehead atoms. The Hall–Kier alpha value is -4.13. The highest BCUT2D eigenvalue weighted by molar-refractivity contribution is 6.30. The zero-order valence-electron chi connectivity index (χ0n) is 22.7. The van der Waals surface area contributed by atoms with E-state index in [4.69, 9.17) is 35.5 Å². The van der Waals surface area contributed by atoms with Crippen molar-refractivity contribution in [2.75, 3.05) is 11.4 Å². The normalized spacial score (nSPS) is 21.2. The van der Waals surface area contributed by atoms with E-state index in [1.165, 1.54) is 12.8 Å². The van der Waals surface area contributed by atoms with Crippen LogP contribution in [0.3, 0.4) is 0 Å². The van der Waals surface area contributed by atoms with Gasteiger partial charge in [0, 0.05) is 31.0 Å². The highest BCUT2D eigenvalue weighted by Gasteiger charge is 2.36. The second-order valence-electron chi connectivity index (χ2n) is 11.1. The Bertz CT molecular complexity index is 1770. The number of H-pyrrole nitrogens is 1. The first-order chi connectivity index (χ1) is 19.9. The van der Waals surface area contributed by atoms with Gasteiger partial charge in [-0.15, -0.1) is 5.10 Å². The fourth-order valence-electron chi connectivity index (χ4n) is 6.06. The van der Waals surface area contributed by atoms with Crippen molar-refractivity contribution in [1.82, 2.24) is 44.8 Å². The second-order valence-corrected chi connectivity index (χ2v) is 11.5. The van der Waals surface area contributed by atoms with Crippen molar-refractivity contribution >= 4 is 28.7 Å². The summed E-state index contributed by atoms with van der Waals surface area (Å²) in [6, 6.07) is 1.70. The van der Waals surface area contributed by atoms with Crippen molar-refractivity contribution in [3.8, 4) is 23.0 Å². The summed E-state index contributed by atoms with van der Waals surface area (Å²) < 4.78 is 13.1. The third kappa shape index (κ3) is 4.88. The van der Waals surface area contributed by atoms with E-state index in [0.717, 1.165) is 56.2 Å². The van der Waals surface area contributed by atoms with Crippen molar-refractivity contribution in [3.63, 3.8) is 0 Å². The van der Waals surface area contributed by atoms with Gasteiger partial charge in [0.05, 0.1) is 5.02 Å². The molecule has 5 aromatic rings. The first-order valence-electron chi connectivity index (χ1n) is 13.9. The van der Waals surface area contributed by atoms with E-state index >= 15 is 0 Å². The molecule has 41 heavy (non-hydrogen) atoms. The number of hydrogen-bond acceptors (Lipinski definition) is 11. The molecule has 7 rings (SSSR count). The largest absolute Gasteiger partial charge is 0.434 e. The van der Waals surface area contributed by atoms with Crippen LogP contribution in [0.4, 0.5) is 5.95 Å². The summed E-state index contributed by atoms with van der Waals surface area (Å²) in [5, 5.41) is 10.8. The maximum Gasteiger partial charge on any atom is 0.434 e. The highest BCUT2D eigenvalue weighted by atomic mass is 35.5. The number of anilines is 1. The Morgan fingerprint density at radius 2 is 1.95 bits per heavy atom. The van der Waals surface area contributed by atoms with E-state index in [9.17, 15) is 4.79 Å². The van der Waals surface area contributed by atoms with Gasteiger partial charge in [0.15, 0.2) is 11.5 Å². The van der Waals surface area contributed by atoms with E-state index in [-0.39, 0.29) is 17.8 Å². The van der Waals surface area contributed by atoms with Crippen LogP contribution in [0.15, 0.2) is 32.2 Å². The van der Waals surface area contributed by atoms with Crippen LogP contribution in [-0.4, -0.2) is 51.4 Å². The van der Waals surface area contributed by atoms with Gasteiger partial charge in [-0.25, -0.2) is 19.9 Å². The van der Waals surface area contributed by atoms with Gasteiger partial charge in [0.2, 0.25) is 17.7 Å². The van der Waals surface area contributed by atoms with Crippen LogP contribution in [0.25, 0.3) is 34.1 Å². The fourth-order valence-corrected chi connectivity index (χ4v) is 6.24. The number of nitrogens with one attached hydrogen (secondary N) is 1. The lowest BCUT2D eigenvalue weighted by atomic mass is 9.83. The molecule has 13 nitrogen and oxygen atoms in total. The molecule has 0 amide bonds. The maximum atomic E-state index is 11.8. The predicted octanol–water partition coefficient (Wildman–Crippen LogP) is 4.74. The minimum absolute atomic E-state index is 0.0223. The number of hydrogen-bond donors (Lipinski definition) is 1. The lowest BCUT2D eigenvalue weighted by Crippen LogP contribution is -2.28. The zero-order valence-corrected chi connectivity index (χ0v) is 23.5. The topological polar surface area (TPSA) is 158 Å². The van der Waals surface area contributed by atoms with Gasteiger partial charge in [0.1, 0.15) is 17.3 Å². The number of aromatic amines is 1. The molecule has 0 spiro atoms. The Kier molecular flexibility index (Phi) is 6.53. The van der Waals surface area contributed by atoms with Crippen molar-refractivity contribution in [1.29, 1.82) is 0 Å². The molecule has 2 fully saturated rings. The number of nitrogens with zero attached hydrogens (tertiary/aromatic N) is 9. The standard InChI is InChI=1S/C27H29ClN10O3/c1-14-5-7-16(8-6-14)13-38-21-20(17-10-18(28)12-29-11-17)31-23(25-34-35-27(39)40-25)32-22(21)33-26(38)37-9-3-4-19(37)24-30-15(2)36-41-24/h10-12,14,16,19H,3-9,13H2,1-2H3,(H,35,39). The minimum atomic E-state index is -0.692. The van der Waals surface area contributed by atoms with Crippen LogP contribution < -0.4 is 10.7 Å². The first kappa shape index (κ1) is 25.8. The lowest BCUT2D eigenvalue weighted by molar-refractivity contribution is 0.266. The van der Waals surface area contributed by atoms with Crippen LogP contribution in [0, 0.1) is 18.8 Å². The van der Waals surface area contributed by atoms with Crippen LogP contribution in [0.1, 0.15) is 63.2 Å². The van der Waals surface area contributed by atoms with E-state index in [0.29, 0.717) is 39.6 Å². The van der Waals surface area contributed by atoms with E-state index in [1.54, 1.807) is 18.5 Å². The number of halogens is 1. The van der Waals surface area contributed by atoms with Gasteiger partial charge >= 0.3 is 5.76 Å². The second kappa shape index (κ2) is 10.4. The minimum Gasteiger partial charge on any atom is -0.384 e. The van der Waals surface area contributed by atoms with Gasteiger partial charge < -0.3 is 18.4 Å². The smallest absolute Gasteiger partial charge is 0.384 e. The van der Waals surface area contributed by atoms with Crippen molar-refractivity contribution < 1.29 is 8.94 Å². The summed E-state index contributed by atoms with van der Waals surface area (Å²) in [5.74, 6) is 2.58. The molecule has 1 aliphatic carbocycles. The molecule has 0 radical (unpaired) electrons. The maximum absolute atomic E-state index is 11.8. The van der Waals surface area contributed by atoms with Gasteiger partial charge in [-0.3, -0.25) is 4.98 Å². The number of pyridine rings is 1. The average Bonchev–Trinajstić information content (AvgIpc) is 3.76. The Balaban J connectivity index is 1.44. The SMILES string of the molecule is Cc1noc(C2CCCN2c2nc3nc(-c4n[nH]c(=O)o4)nc(-c4cncc(Cl)c4)c3n2CC2CCC(C)CC2)n1. The third-order valence-corrected chi connectivity index (χ3v) is 8.31. The van der Waals surface area contributed by atoms with Gasteiger partial charge in [0.25, 0.3) is 5.89 Å². The lowest BCUT2D eigenvalue weighted by Gasteiger charge is -2.29. The molecular weight excluding hydrogens is 548 g/mol. The third-order valence-electron chi connectivity index (χ3n) is 8.10. The molecule has 5 aromatic heterocycles. The summed E-state index contributed by atoms with van der Waals surface area (Å²) in [6.07, 6.45) is 9.77. The number of aromatic nitrogens is 9. The zero-order chi connectivity index (χ0) is 28.1. The number of fused-ring (bicyclic) bond motifs is 1. The predicted molar refractivity (Wildman–Crippen MR) is 149 cm³/mol. The number of aryl methyl sites for hydroxylation is 1. The Labute approximate surface area is 239 Å². The van der Waals surface area contributed by atoms with E-state index in [2.05, 4.69) is 41.7 Å². The molecule has 1 unspecified atom stereocenters. The molecule has 212 valence electrons. The van der Waals surface area contributed by atoms with Gasteiger partial charge in [-0.2, -0.15) is 9.97 Å². The average molecular weight is 577 g/mol. The molecule has 6 heterocycles. The molecule has 1 atom stereocenters. The summed E-state index contributed by atoms with van der Waals surface area (Å²) >= 11 is 6.38. The molecule has 14 heteroatoms. The van der Waals surface area contributed by atoms with E-state index < -0.39 is 5.76 Å². The van der Waals surface area contributed by atoms with Gasteiger partial charge in [-0.1, -0.05) is 36.5 Å². The summed E-state index contributed by atoms with van der Waals surface area (Å²) in [7, 11) is 0. The monoisotopic (exact) mass is 576 g/mol. The van der Waals surface area contributed by atoms with E-state index in [1.807, 2.05) is 6.92 Å². The Morgan fingerprint density at radius 3 is 2.68 bits per heavy atom. The van der Waals surface area contributed by atoms with Crippen LogP contribution in [0.2, 0.25) is 5.02 Å². The van der Waals surface area contributed by atoms with Crippen LogP contribution in [-0.2, 0) is 6.54 Å². The Morgan fingerprint density at radius 1 is 1.10 bits per heavy atom. The first-order valence-corrected chi connectivity index (χ1v) is 14.3. The summed E-state index contributed by atoms with van der Waals surface area (Å²) in [6.45, 7) is 5.68. The molecule has 1 saturated carbocycles. The highest BCUT2D eigenvalue weighted by Crippen LogP contribution is 2.40. The van der Waals surface area contributed by atoms with Crippen LogP contribution >= 0.6 is 11.6 Å². The summed E-state index contributed by atoms with van der Waals surface area (Å²) in [5.41, 5.74) is 2.50. The molecular formula is C27H29ClN10O3. The quantitative estimate of drug-likeness (QED) is 0.297. The molecule has 1 aliphatic heterocycles. The number of imidazole rings is 1. The number of rotatable bonds is 6. The van der Waals surface area contributed by atoms with Crippen molar-refractivity contribution in [2.24, 2.45) is 11.8 Å². The summed E-state index contributed by atoms with van der Waals surface area (Å²) in [4.78, 5) is 37.5. The molecule has 0 aromatic carbocycles. The fraction of sp³-hybridized carbons (Fsp3) is 0.481. The van der Waals surface area contributed by atoms with Crippen LogP contribution in [0.5, 0.6) is 0 Å². The van der Waals surface area contributed by atoms with Crippen molar-refractivity contribution in [3.05, 3.63) is 45.7 Å². The van der Waals surface area contributed by atoms with Crippen molar-refractivity contribution in [2.45, 2.75) is 65.0 Å². The molecule has 1 N–H and O–H groups in total. The molecule has 1 saturated heterocycles.